The number of aliphatic carboxylic acids is 1. The van der Waals surface area contributed by atoms with Crippen LogP contribution >= 0.6 is 0 Å². The van der Waals surface area contributed by atoms with Crippen molar-refractivity contribution >= 4 is 5.97 Å². The summed E-state index contributed by atoms with van der Waals surface area (Å²) in [5.41, 5.74) is 3.06. The second-order valence-corrected chi connectivity index (χ2v) is 6.25. The molecule has 2 aromatic carbocycles. The van der Waals surface area contributed by atoms with E-state index in [2.05, 4.69) is 10.3 Å². The average molecular weight is 362 g/mol. The third kappa shape index (κ3) is 5.94. The molecule has 1 aromatic heterocycles. The van der Waals surface area contributed by atoms with Gasteiger partial charge in [0.2, 0.25) is 0 Å². The molecule has 1 heterocycles. The topological polar surface area (TPSA) is 71.5 Å². The zero-order chi connectivity index (χ0) is 18.9. The number of pyridine rings is 1. The summed E-state index contributed by atoms with van der Waals surface area (Å²) >= 11 is 0. The van der Waals surface area contributed by atoms with Crippen LogP contribution in [0.3, 0.4) is 0 Å². The van der Waals surface area contributed by atoms with Crippen molar-refractivity contribution in [2.75, 3.05) is 0 Å². The molecule has 0 aliphatic heterocycles. The Balaban J connectivity index is 1.51. The SMILES string of the molecule is O=C(O)[C@H](Cc1ccccc1)NCc1ccc(OCc2ccncc2)cc1. The molecule has 0 saturated heterocycles. The van der Waals surface area contributed by atoms with E-state index in [1.54, 1.807) is 12.4 Å². The van der Waals surface area contributed by atoms with Crippen molar-refractivity contribution in [3.63, 3.8) is 0 Å². The maximum atomic E-state index is 11.5. The van der Waals surface area contributed by atoms with Gasteiger partial charge in [0.15, 0.2) is 0 Å². The van der Waals surface area contributed by atoms with Crippen LogP contribution in [0.25, 0.3) is 0 Å². The van der Waals surface area contributed by atoms with Crippen LogP contribution in [0.1, 0.15) is 16.7 Å². The standard InChI is InChI=1S/C22H22N2O3/c25-22(26)21(14-17-4-2-1-3-5-17)24-15-18-6-8-20(9-7-18)27-16-19-10-12-23-13-11-19/h1-13,21,24H,14-16H2,(H,25,26)/t21-/m0/s1. The number of aromatic nitrogens is 1. The number of carboxylic acid groups (broad SMARTS) is 1. The van der Waals surface area contributed by atoms with Crippen LogP contribution in [0.2, 0.25) is 0 Å². The highest BCUT2D eigenvalue weighted by Crippen LogP contribution is 2.14. The Kier molecular flexibility index (Phi) is 6.55. The van der Waals surface area contributed by atoms with Crippen LogP contribution in [0.4, 0.5) is 0 Å². The van der Waals surface area contributed by atoms with E-state index in [0.29, 0.717) is 19.6 Å². The number of nitrogens with zero attached hydrogens (tertiary/aromatic N) is 1. The summed E-state index contributed by atoms with van der Waals surface area (Å²) in [5, 5.41) is 12.6. The van der Waals surface area contributed by atoms with Crippen molar-refractivity contribution in [2.24, 2.45) is 0 Å². The van der Waals surface area contributed by atoms with Gasteiger partial charge in [0.25, 0.3) is 0 Å². The lowest BCUT2D eigenvalue weighted by atomic mass is 10.1. The van der Waals surface area contributed by atoms with Crippen molar-refractivity contribution in [3.05, 3.63) is 95.8 Å². The summed E-state index contributed by atoms with van der Waals surface area (Å²) in [6.07, 6.45) is 3.92. The zero-order valence-electron chi connectivity index (χ0n) is 14.9. The fourth-order valence-corrected chi connectivity index (χ4v) is 2.69. The minimum absolute atomic E-state index is 0.448. The van der Waals surface area contributed by atoms with E-state index < -0.39 is 12.0 Å². The lowest BCUT2D eigenvalue weighted by Crippen LogP contribution is -2.38. The Hall–Kier alpha value is -3.18. The second kappa shape index (κ2) is 9.50. The monoisotopic (exact) mass is 362 g/mol. The van der Waals surface area contributed by atoms with E-state index in [1.165, 1.54) is 0 Å². The first kappa shape index (κ1) is 18.6. The summed E-state index contributed by atoms with van der Waals surface area (Å²) < 4.78 is 5.75. The molecule has 3 rings (SSSR count). The predicted molar refractivity (Wildman–Crippen MR) is 103 cm³/mol. The van der Waals surface area contributed by atoms with E-state index in [-0.39, 0.29) is 0 Å². The van der Waals surface area contributed by atoms with Crippen LogP contribution in [0, 0.1) is 0 Å². The van der Waals surface area contributed by atoms with E-state index in [9.17, 15) is 9.90 Å². The van der Waals surface area contributed by atoms with Crippen molar-refractivity contribution in [2.45, 2.75) is 25.6 Å². The second-order valence-electron chi connectivity index (χ2n) is 6.25. The molecule has 0 aliphatic carbocycles. The molecule has 5 nitrogen and oxygen atoms in total. The molecular formula is C22H22N2O3. The van der Waals surface area contributed by atoms with Gasteiger partial charge in [0.05, 0.1) is 0 Å². The number of carboxylic acids is 1. The van der Waals surface area contributed by atoms with Gasteiger partial charge in [-0.25, -0.2) is 0 Å². The largest absolute Gasteiger partial charge is 0.489 e. The zero-order valence-corrected chi connectivity index (χ0v) is 14.9. The molecule has 5 heteroatoms. The highest BCUT2D eigenvalue weighted by atomic mass is 16.5. The first-order chi connectivity index (χ1) is 13.2. The number of benzene rings is 2. The summed E-state index contributed by atoms with van der Waals surface area (Å²) in [7, 11) is 0. The van der Waals surface area contributed by atoms with Crippen LogP contribution in [0.15, 0.2) is 79.1 Å². The Morgan fingerprint density at radius 2 is 1.63 bits per heavy atom. The Morgan fingerprint density at radius 1 is 0.926 bits per heavy atom. The minimum atomic E-state index is -0.851. The molecule has 0 bridgehead atoms. The normalized spacial score (nSPS) is 11.7. The number of nitrogens with one attached hydrogen (secondary N) is 1. The van der Waals surface area contributed by atoms with Gasteiger partial charge < -0.3 is 15.2 Å². The van der Waals surface area contributed by atoms with Gasteiger partial charge >= 0.3 is 5.97 Å². The van der Waals surface area contributed by atoms with Gasteiger partial charge in [-0.05, 0) is 47.4 Å². The van der Waals surface area contributed by atoms with E-state index in [1.807, 2.05) is 66.7 Å². The molecule has 3 aromatic rings. The third-order valence-corrected chi connectivity index (χ3v) is 4.21. The quantitative estimate of drug-likeness (QED) is 0.610. The third-order valence-electron chi connectivity index (χ3n) is 4.21. The van der Waals surface area contributed by atoms with Crippen molar-refractivity contribution in [1.29, 1.82) is 0 Å². The Bertz CT molecular complexity index is 836. The van der Waals surface area contributed by atoms with Gasteiger partial charge in [0, 0.05) is 18.9 Å². The maximum absolute atomic E-state index is 11.5. The van der Waals surface area contributed by atoms with Crippen LogP contribution < -0.4 is 10.1 Å². The number of carbonyl (C=O) groups is 1. The molecule has 1 atom stereocenters. The summed E-state index contributed by atoms with van der Waals surface area (Å²) in [6, 6.07) is 20.5. The maximum Gasteiger partial charge on any atom is 0.321 e. The molecule has 138 valence electrons. The van der Waals surface area contributed by atoms with Crippen LogP contribution in [-0.4, -0.2) is 22.1 Å². The van der Waals surface area contributed by atoms with E-state index in [4.69, 9.17) is 4.74 Å². The molecule has 2 N–H and O–H groups in total. The molecule has 0 aliphatic rings. The number of hydrogen-bond donors (Lipinski definition) is 2. The van der Waals surface area contributed by atoms with Crippen LogP contribution in [0.5, 0.6) is 5.75 Å². The molecule has 0 amide bonds. The molecule has 0 fully saturated rings. The Morgan fingerprint density at radius 3 is 2.30 bits per heavy atom. The summed E-state index contributed by atoms with van der Waals surface area (Å²) in [5.74, 6) is -0.0780. The highest BCUT2D eigenvalue weighted by molar-refractivity contribution is 5.73. The fourth-order valence-electron chi connectivity index (χ4n) is 2.69. The van der Waals surface area contributed by atoms with Gasteiger partial charge in [-0.2, -0.15) is 0 Å². The highest BCUT2D eigenvalue weighted by Gasteiger charge is 2.17. The van der Waals surface area contributed by atoms with Gasteiger partial charge in [-0.1, -0.05) is 42.5 Å². The number of ether oxygens (including phenoxy) is 1. The number of hydrogen-bond acceptors (Lipinski definition) is 4. The van der Waals surface area contributed by atoms with Crippen molar-refractivity contribution < 1.29 is 14.6 Å². The van der Waals surface area contributed by atoms with Crippen molar-refractivity contribution in [3.8, 4) is 5.75 Å². The van der Waals surface area contributed by atoms with Crippen molar-refractivity contribution in [1.82, 2.24) is 10.3 Å². The average Bonchev–Trinajstić information content (AvgIpc) is 2.71. The molecule has 0 radical (unpaired) electrons. The molecular weight excluding hydrogens is 340 g/mol. The van der Waals surface area contributed by atoms with Crippen LogP contribution in [-0.2, 0) is 24.4 Å². The summed E-state index contributed by atoms with van der Waals surface area (Å²) in [4.78, 5) is 15.5. The first-order valence-corrected chi connectivity index (χ1v) is 8.81. The van der Waals surface area contributed by atoms with Gasteiger partial charge in [-0.15, -0.1) is 0 Å². The van der Waals surface area contributed by atoms with E-state index >= 15 is 0 Å². The molecule has 0 saturated carbocycles. The number of rotatable bonds is 9. The molecule has 0 unspecified atom stereocenters. The molecule has 0 spiro atoms. The first-order valence-electron chi connectivity index (χ1n) is 8.81. The fraction of sp³-hybridized carbons (Fsp3) is 0.182. The smallest absolute Gasteiger partial charge is 0.321 e. The van der Waals surface area contributed by atoms with Gasteiger partial charge in [0.1, 0.15) is 18.4 Å². The predicted octanol–water partition coefficient (Wildman–Crippen LogP) is 3.45. The lowest BCUT2D eigenvalue weighted by molar-refractivity contribution is -0.139. The Labute approximate surface area is 158 Å². The molecule has 27 heavy (non-hydrogen) atoms. The van der Waals surface area contributed by atoms with Gasteiger partial charge in [-0.3, -0.25) is 9.78 Å². The van der Waals surface area contributed by atoms with E-state index in [0.717, 1.165) is 22.4 Å². The lowest BCUT2D eigenvalue weighted by Gasteiger charge is -2.15. The summed E-state index contributed by atoms with van der Waals surface area (Å²) in [6.45, 7) is 0.965. The minimum Gasteiger partial charge on any atom is -0.489 e.